The molecule has 0 bridgehead atoms. The second-order valence-electron chi connectivity index (χ2n) is 11.8. The summed E-state index contributed by atoms with van der Waals surface area (Å²) in [6.45, 7) is 1.00. The molecule has 4 rings (SSSR count). The van der Waals surface area contributed by atoms with Gasteiger partial charge < -0.3 is 25.0 Å². The van der Waals surface area contributed by atoms with Crippen molar-refractivity contribution in [2.75, 3.05) is 19.8 Å². The van der Waals surface area contributed by atoms with E-state index in [1.807, 2.05) is 11.4 Å². The number of aliphatic hydroxyl groups is 2. The van der Waals surface area contributed by atoms with E-state index in [0.29, 0.717) is 30.1 Å². The second kappa shape index (κ2) is 13.7. The fourth-order valence-electron chi connectivity index (χ4n) is 7.32. The lowest BCUT2D eigenvalue weighted by atomic mass is 9.73. The molecular formula is C30H44F3NO5. The van der Waals surface area contributed by atoms with E-state index < -0.39 is 31.5 Å². The first kappa shape index (κ1) is 30.1. The lowest BCUT2D eigenvalue weighted by Crippen LogP contribution is -2.36. The molecule has 1 aliphatic heterocycles. The molecule has 2 fully saturated rings. The van der Waals surface area contributed by atoms with Gasteiger partial charge in [-0.05, 0) is 85.8 Å². The van der Waals surface area contributed by atoms with Gasteiger partial charge in [0, 0.05) is 12.5 Å². The number of hydrogen-bond acceptors (Lipinski definition) is 5. The fourth-order valence-corrected chi connectivity index (χ4v) is 7.32. The Hall–Kier alpha value is -1.84. The zero-order valence-electron chi connectivity index (χ0n) is 22.9. The molecule has 1 saturated carbocycles. The summed E-state index contributed by atoms with van der Waals surface area (Å²) in [5.74, 6) is 1.39. The molecule has 1 heterocycles. The van der Waals surface area contributed by atoms with Crippen LogP contribution in [0.3, 0.4) is 0 Å². The Morgan fingerprint density at radius 2 is 2.03 bits per heavy atom. The van der Waals surface area contributed by atoms with E-state index in [1.54, 1.807) is 6.07 Å². The second-order valence-corrected chi connectivity index (χ2v) is 11.8. The van der Waals surface area contributed by atoms with Gasteiger partial charge in [0.05, 0.1) is 6.10 Å². The minimum atomic E-state index is -4.46. The van der Waals surface area contributed by atoms with Crippen LogP contribution in [0, 0.1) is 29.6 Å². The lowest BCUT2D eigenvalue weighted by Gasteiger charge is -2.34. The van der Waals surface area contributed by atoms with Crippen molar-refractivity contribution in [3.05, 3.63) is 29.3 Å². The smallest absolute Gasteiger partial charge is 0.405 e. The van der Waals surface area contributed by atoms with Gasteiger partial charge in [0.25, 0.3) is 5.91 Å². The zero-order valence-corrected chi connectivity index (χ0v) is 22.9. The normalized spacial score (nSPS) is 29.4. The maximum absolute atomic E-state index is 12.4. The Balaban J connectivity index is 1.29. The van der Waals surface area contributed by atoms with Crippen LogP contribution in [0.2, 0.25) is 0 Å². The topological polar surface area (TPSA) is 88.0 Å². The summed E-state index contributed by atoms with van der Waals surface area (Å²) in [6.07, 6.45) is 5.32. The predicted molar refractivity (Wildman–Crippen MR) is 141 cm³/mol. The van der Waals surface area contributed by atoms with Gasteiger partial charge in [0.1, 0.15) is 12.3 Å². The summed E-state index contributed by atoms with van der Waals surface area (Å²) in [5, 5.41) is 23.2. The van der Waals surface area contributed by atoms with Crippen LogP contribution in [0.4, 0.5) is 13.2 Å². The number of halogens is 3. The molecule has 7 atom stereocenters. The number of carbonyl (C=O) groups excluding carboxylic acids is 1. The molecule has 1 amide bonds. The first-order valence-corrected chi connectivity index (χ1v) is 14.7. The van der Waals surface area contributed by atoms with E-state index in [2.05, 4.69) is 13.0 Å². The summed E-state index contributed by atoms with van der Waals surface area (Å²) >= 11 is 0. The van der Waals surface area contributed by atoms with Crippen LogP contribution in [0.5, 0.6) is 5.75 Å². The average molecular weight is 556 g/mol. The van der Waals surface area contributed by atoms with E-state index in [0.717, 1.165) is 81.8 Å². The maximum Gasteiger partial charge on any atom is 0.405 e. The number of aliphatic hydroxyl groups excluding tert-OH is 2. The quantitative estimate of drug-likeness (QED) is 0.310. The van der Waals surface area contributed by atoms with Gasteiger partial charge >= 0.3 is 6.18 Å². The number of benzene rings is 1. The largest absolute Gasteiger partial charge is 0.483 e. The van der Waals surface area contributed by atoms with Crippen LogP contribution in [0.25, 0.3) is 0 Å². The van der Waals surface area contributed by atoms with Gasteiger partial charge in [-0.25, -0.2) is 0 Å². The standard InChI is InChI=1S/C30H44F3NO5/c1-2-7-19(22-11-6-13-38-29(22)37)8-3-4-10-23-24-14-20-9-5-12-27(25(20)15-21(24)16-26(23)35)39-17-28(36)34-18-30(31,32)33/h5,9,12,19,21-24,26,29,35,37H,2-4,6-8,10-11,13-18H2,1H3,(H,34,36). The van der Waals surface area contributed by atoms with E-state index in [1.165, 1.54) is 0 Å². The van der Waals surface area contributed by atoms with Gasteiger partial charge in [-0.1, -0.05) is 44.7 Å². The van der Waals surface area contributed by atoms with Gasteiger partial charge in [0.15, 0.2) is 12.9 Å². The first-order valence-electron chi connectivity index (χ1n) is 14.7. The number of amides is 1. The van der Waals surface area contributed by atoms with E-state index in [4.69, 9.17) is 9.47 Å². The fraction of sp³-hybridized carbons (Fsp3) is 0.767. The molecule has 1 aromatic carbocycles. The molecule has 3 N–H and O–H groups in total. The Kier molecular flexibility index (Phi) is 10.6. The van der Waals surface area contributed by atoms with Crippen molar-refractivity contribution in [1.29, 1.82) is 0 Å². The van der Waals surface area contributed by atoms with Gasteiger partial charge in [0.2, 0.25) is 0 Å². The van der Waals surface area contributed by atoms with Crippen LogP contribution < -0.4 is 10.1 Å². The first-order chi connectivity index (χ1) is 18.7. The third-order valence-electron chi connectivity index (χ3n) is 9.15. The van der Waals surface area contributed by atoms with Crippen LogP contribution in [-0.4, -0.2) is 54.4 Å². The Bertz CT molecular complexity index is 942. The maximum atomic E-state index is 12.4. The van der Waals surface area contributed by atoms with E-state index in [-0.39, 0.29) is 17.9 Å². The molecular weight excluding hydrogens is 511 g/mol. The minimum absolute atomic E-state index is 0.224. The summed E-state index contributed by atoms with van der Waals surface area (Å²) in [5.41, 5.74) is 2.14. The van der Waals surface area contributed by atoms with Crippen LogP contribution in [-0.2, 0) is 22.4 Å². The number of fused-ring (bicyclic) bond motifs is 2. The molecule has 9 heteroatoms. The van der Waals surface area contributed by atoms with Crippen molar-refractivity contribution in [2.45, 2.75) is 96.1 Å². The number of unbranched alkanes of at least 4 members (excludes halogenated alkanes) is 1. The number of rotatable bonds is 12. The van der Waals surface area contributed by atoms with Crippen LogP contribution in [0.15, 0.2) is 18.2 Å². The third-order valence-corrected chi connectivity index (χ3v) is 9.15. The van der Waals surface area contributed by atoms with Crippen molar-refractivity contribution in [2.24, 2.45) is 29.6 Å². The van der Waals surface area contributed by atoms with Crippen LogP contribution in [0.1, 0.15) is 75.8 Å². The molecule has 0 radical (unpaired) electrons. The number of hydrogen-bond donors (Lipinski definition) is 3. The SMILES string of the molecule is CCCC(CCCCC1C(O)CC2Cc3c(cccc3OCC(=O)NCC(F)(F)F)CC21)C1CCCOC1O. The molecule has 1 aromatic rings. The molecule has 0 spiro atoms. The molecule has 7 unspecified atom stereocenters. The van der Waals surface area contributed by atoms with Crippen molar-refractivity contribution in [3.8, 4) is 5.75 Å². The third kappa shape index (κ3) is 8.10. The highest BCUT2D eigenvalue weighted by molar-refractivity contribution is 5.77. The predicted octanol–water partition coefficient (Wildman–Crippen LogP) is 5.18. The van der Waals surface area contributed by atoms with Crippen LogP contribution >= 0.6 is 0 Å². The number of ether oxygens (including phenoxy) is 2. The highest BCUT2D eigenvalue weighted by Crippen LogP contribution is 2.48. The van der Waals surface area contributed by atoms with Gasteiger partial charge in [-0.3, -0.25) is 4.79 Å². The molecule has 0 aromatic heterocycles. The zero-order chi connectivity index (χ0) is 28.0. The van der Waals surface area contributed by atoms with Crippen molar-refractivity contribution in [1.82, 2.24) is 5.32 Å². The molecule has 39 heavy (non-hydrogen) atoms. The Morgan fingerprint density at radius 3 is 2.77 bits per heavy atom. The molecule has 1 saturated heterocycles. The lowest BCUT2D eigenvalue weighted by molar-refractivity contribution is -0.172. The molecule has 3 aliphatic rings. The summed E-state index contributed by atoms with van der Waals surface area (Å²) in [6, 6.07) is 5.68. The Labute approximate surface area is 229 Å². The number of nitrogens with one attached hydrogen (secondary N) is 1. The number of alkyl halides is 3. The van der Waals surface area contributed by atoms with Gasteiger partial charge in [-0.2, -0.15) is 13.2 Å². The van der Waals surface area contributed by atoms with Crippen molar-refractivity contribution >= 4 is 5.91 Å². The Morgan fingerprint density at radius 1 is 1.21 bits per heavy atom. The highest BCUT2D eigenvalue weighted by atomic mass is 19.4. The summed E-state index contributed by atoms with van der Waals surface area (Å²) in [7, 11) is 0. The van der Waals surface area contributed by atoms with Crippen molar-refractivity contribution < 1.29 is 37.7 Å². The summed E-state index contributed by atoms with van der Waals surface area (Å²) < 4.78 is 48.2. The van der Waals surface area contributed by atoms with Gasteiger partial charge in [-0.15, -0.1) is 0 Å². The monoisotopic (exact) mass is 555 g/mol. The number of carbonyl (C=O) groups is 1. The average Bonchev–Trinajstić information content (AvgIpc) is 3.20. The highest BCUT2D eigenvalue weighted by Gasteiger charge is 2.44. The summed E-state index contributed by atoms with van der Waals surface area (Å²) in [4.78, 5) is 11.8. The van der Waals surface area contributed by atoms with E-state index >= 15 is 0 Å². The van der Waals surface area contributed by atoms with E-state index in [9.17, 15) is 28.2 Å². The molecule has 6 nitrogen and oxygen atoms in total. The molecule has 220 valence electrons. The van der Waals surface area contributed by atoms with Crippen molar-refractivity contribution in [3.63, 3.8) is 0 Å². The molecule has 2 aliphatic carbocycles. The minimum Gasteiger partial charge on any atom is -0.483 e.